The van der Waals surface area contributed by atoms with Crippen molar-refractivity contribution in [2.45, 2.75) is 37.5 Å². The molecule has 0 fully saturated rings. The Bertz CT molecular complexity index is 1480. The minimum Gasteiger partial charge on any atom is -0.453 e. The van der Waals surface area contributed by atoms with Crippen molar-refractivity contribution in [2.75, 3.05) is 0 Å². The molecular weight excluding hydrogens is 499 g/mol. The fraction of sp³-hybridized carbons (Fsp3) is 0.179. The normalized spacial score (nSPS) is 12.3. The summed E-state index contributed by atoms with van der Waals surface area (Å²) in [5.74, 6) is -0.483. The molecule has 0 aliphatic carbocycles. The van der Waals surface area contributed by atoms with Crippen LogP contribution in [0.15, 0.2) is 90.1 Å². The van der Waals surface area contributed by atoms with Crippen LogP contribution in [0.4, 0.5) is 4.39 Å². The van der Waals surface area contributed by atoms with E-state index in [1.165, 1.54) is 12.4 Å². The lowest BCUT2D eigenvalue weighted by Gasteiger charge is -2.19. The molecule has 0 unspecified atom stereocenters. The summed E-state index contributed by atoms with van der Waals surface area (Å²) in [5, 5.41) is 8.78. The van der Waals surface area contributed by atoms with E-state index >= 15 is 4.39 Å². The first-order valence-corrected chi connectivity index (χ1v) is 13.3. The van der Waals surface area contributed by atoms with Crippen LogP contribution in [0.25, 0.3) is 0 Å². The molecule has 5 nitrogen and oxygen atoms in total. The molecule has 0 spiro atoms. The fourth-order valence-corrected chi connectivity index (χ4v) is 5.32. The van der Waals surface area contributed by atoms with Crippen molar-refractivity contribution >= 4 is 27.3 Å². The Hall–Kier alpha value is -3.42. The minimum absolute atomic E-state index is 0.0549. The van der Waals surface area contributed by atoms with Gasteiger partial charge in [0.15, 0.2) is 11.6 Å². The zero-order valence-electron chi connectivity index (χ0n) is 19.9. The first kappa shape index (κ1) is 25.7. The van der Waals surface area contributed by atoms with Gasteiger partial charge in [0.05, 0.1) is 9.92 Å². The third kappa shape index (κ3) is 5.37. The first-order valence-electron chi connectivity index (χ1n) is 11.5. The second-order valence-corrected chi connectivity index (χ2v) is 10.8. The molecule has 0 aliphatic heterocycles. The van der Waals surface area contributed by atoms with Crippen LogP contribution >= 0.6 is 11.6 Å². The number of hydrogen-bond acceptors (Lipinski definition) is 4. The maximum absolute atomic E-state index is 15.5. The standard InChI is InChI=1S/C28H26ClFN2O3S/c1-3-20(24-13-14-25(29)28(27(24)30)35-22-7-5-4-6-8-22)17-26(31)21-15-16-32(18-21)36(33,34)23-11-9-19(2)10-12-23/h4-16,18,20,31H,3,17H2,1-2H3/t20-/m1/s1. The Morgan fingerprint density at radius 1 is 1.06 bits per heavy atom. The number of aromatic nitrogens is 1. The van der Waals surface area contributed by atoms with Crippen LogP contribution in [0.5, 0.6) is 11.5 Å². The molecule has 0 aliphatic rings. The number of nitrogens with zero attached hydrogens (tertiary/aromatic N) is 1. The minimum atomic E-state index is -3.77. The largest absolute Gasteiger partial charge is 0.453 e. The van der Waals surface area contributed by atoms with Crippen LogP contribution in [-0.4, -0.2) is 18.1 Å². The van der Waals surface area contributed by atoms with Gasteiger partial charge in [0.25, 0.3) is 10.0 Å². The summed E-state index contributed by atoms with van der Waals surface area (Å²) < 4.78 is 48.3. The molecule has 4 rings (SSSR count). The van der Waals surface area contributed by atoms with E-state index in [9.17, 15) is 8.42 Å². The van der Waals surface area contributed by atoms with Crippen LogP contribution in [0.3, 0.4) is 0 Å². The molecule has 4 aromatic rings. The van der Waals surface area contributed by atoms with Gasteiger partial charge in [0.1, 0.15) is 5.75 Å². The van der Waals surface area contributed by atoms with Crippen LogP contribution in [0, 0.1) is 18.2 Å². The van der Waals surface area contributed by atoms with Crippen molar-refractivity contribution in [3.8, 4) is 11.5 Å². The van der Waals surface area contributed by atoms with Gasteiger partial charge in [-0.2, -0.15) is 0 Å². The van der Waals surface area contributed by atoms with E-state index in [4.69, 9.17) is 21.7 Å². The van der Waals surface area contributed by atoms with Gasteiger partial charge in [-0.25, -0.2) is 16.8 Å². The molecule has 0 saturated carbocycles. The van der Waals surface area contributed by atoms with Crippen molar-refractivity contribution in [3.05, 3.63) is 113 Å². The lowest BCUT2D eigenvalue weighted by Crippen LogP contribution is -2.12. The molecule has 186 valence electrons. The smallest absolute Gasteiger partial charge is 0.267 e. The molecule has 1 atom stereocenters. The summed E-state index contributed by atoms with van der Waals surface area (Å²) in [6, 6.07) is 20.2. The number of nitrogens with one attached hydrogen (secondary N) is 1. The monoisotopic (exact) mass is 524 g/mol. The topological polar surface area (TPSA) is 72.2 Å². The lowest BCUT2D eigenvalue weighted by molar-refractivity contribution is 0.434. The molecule has 1 aromatic heterocycles. The molecule has 0 bridgehead atoms. The van der Waals surface area contributed by atoms with Gasteiger partial charge >= 0.3 is 0 Å². The van der Waals surface area contributed by atoms with Gasteiger partial charge in [-0.05, 0) is 67.6 Å². The highest BCUT2D eigenvalue weighted by Crippen LogP contribution is 2.38. The van der Waals surface area contributed by atoms with Crippen LogP contribution in [0.2, 0.25) is 5.02 Å². The van der Waals surface area contributed by atoms with Gasteiger partial charge < -0.3 is 10.1 Å². The average Bonchev–Trinajstić information content (AvgIpc) is 3.38. The number of para-hydroxylation sites is 1. The van der Waals surface area contributed by atoms with E-state index in [0.717, 1.165) is 9.54 Å². The first-order chi connectivity index (χ1) is 17.2. The number of aryl methyl sites for hydroxylation is 1. The average molecular weight is 525 g/mol. The highest BCUT2D eigenvalue weighted by atomic mass is 35.5. The van der Waals surface area contributed by atoms with E-state index in [0.29, 0.717) is 23.3 Å². The SMILES string of the molecule is CC[C@H](CC(=N)c1ccn(S(=O)(=O)c2ccc(C)cc2)c1)c1ccc(Cl)c(Oc2ccccc2)c1F. The summed E-state index contributed by atoms with van der Waals surface area (Å²) in [6.07, 6.45) is 3.63. The molecule has 3 aromatic carbocycles. The van der Waals surface area contributed by atoms with E-state index in [2.05, 4.69) is 0 Å². The fourth-order valence-electron chi connectivity index (χ4n) is 3.94. The predicted molar refractivity (Wildman–Crippen MR) is 141 cm³/mol. The summed E-state index contributed by atoms with van der Waals surface area (Å²) in [7, 11) is -3.77. The van der Waals surface area contributed by atoms with Gasteiger partial charge in [-0.1, -0.05) is 60.5 Å². The molecule has 0 amide bonds. The number of ether oxygens (including phenoxy) is 1. The Morgan fingerprint density at radius 2 is 1.75 bits per heavy atom. The van der Waals surface area contributed by atoms with Crippen LogP contribution in [-0.2, 0) is 10.0 Å². The molecule has 0 saturated heterocycles. The second-order valence-electron chi connectivity index (χ2n) is 8.53. The second kappa shape index (κ2) is 10.7. The van der Waals surface area contributed by atoms with Gasteiger partial charge in [0.2, 0.25) is 0 Å². The molecular formula is C28H26ClFN2O3S. The zero-order chi connectivity index (χ0) is 25.9. The van der Waals surface area contributed by atoms with Gasteiger partial charge in [-0.15, -0.1) is 0 Å². The Morgan fingerprint density at radius 3 is 2.42 bits per heavy atom. The van der Waals surface area contributed by atoms with Crippen LogP contribution in [0.1, 0.15) is 42.4 Å². The van der Waals surface area contributed by atoms with Gasteiger partial charge in [-0.3, -0.25) is 0 Å². The third-order valence-electron chi connectivity index (χ3n) is 6.04. The van der Waals surface area contributed by atoms with Crippen molar-refractivity contribution in [3.63, 3.8) is 0 Å². The van der Waals surface area contributed by atoms with E-state index in [1.54, 1.807) is 66.7 Å². The van der Waals surface area contributed by atoms with Crippen molar-refractivity contribution < 1.29 is 17.5 Å². The molecule has 1 N–H and O–H groups in total. The zero-order valence-corrected chi connectivity index (χ0v) is 21.5. The number of halogens is 2. The predicted octanol–water partition coefficient (Wildman–Crippen LogP) is 7.57. The molecule has 1 heterocycles. The van der Waals surface area contributed by atoms with Crippen molar-refractivity contribution in [1.29, 1.82) is 5.41 Å². The molecule has 0 radical (unpaired) electrons. The van der Waals surface area contributed by atoms with E-state index in [1.807, 2.05) is 19.9 Å². The highest BCUT2D eigenvalue weighted by Gasteiger charge is 2.23. The Labute approximate surface area is 215 Å². The Kier molecular flexibility index (Phi) is 7.62. The van der Waals surface area contributed by atoms with Crippen molar-refractivity contribution in [2.24, 2.45) is 0 Å². The number of benzene rings is 3. The molecule has 8 heteroatoms. The van der Waals surface area contributed by atoms with Crippen LogP contribution < -0.4 is 4.74 Å². The summed E-state index contributed by atoms with van der Waals surface area (Å²) in [4.78, 5) is 0.169. The van der Waals surface area contributed by atoms with E-state index in [-0.39, 0.29) is 33.7 Å². The lowest BCUT2D eigenvalue weighted by atomic mass is 9.89. The third-order valence-corrected chi connectivity index (χ3v) is 7.99. The Balaban J connectivity index is 1.56. The maximum Gasteiger partial charge on any atom is 0.267 e. The summed E-state index contributed by atoms with van der Waals surface area (Å²) in [6.45, 7) is 3.80. The quantitative estimate of drug-likeness (QED) is 0.229. The summed E-state index contributed by atoms with van der Waals surface area (Å²) >= 11 is 6.24. The van der Waals surface area contributed by atoms with Crippen molar-refractivity contribution in [1.82, 2.24) is 3.97 Å². The maximum atomic E-state index is 15.5. The molecule has 36 heavy (non-hydrogen) atoms. The number of rotatable bonds is 9. The van der Waals surface area contributed by atoms with E-state index < -0.39 is 15.8 Å². The summed E-state index contributed by atoms with van der Waals surface area (Å²) in [5.41, 5.74) is 2.02. The highest BCUT2D eigenvalue weighted by molar-refractivity contribution is 7.90. The van der Waals surface area contributed by atoms with Gasteiger partial charge in [0, 0.05) is 23.7 Å². The number of hydrogen-bond donors (Lipinski definition) is 1.